The largest absolute Gasteiger partial charge is 0.320 e. The van der Waals surface area contributed by atoms with E-state index in [0.717, 1.165) is 21.8 Å². The Morgan fingerprint density at radius 1 is 0.783 bits per heavy atom. The second-order valence-corrected chi connectivity index (χ2v) is 6.50. The summed E-state index contributed by atoms with van der Waals surface area (Å²) in [5.41, 5.74) is 2.89. The van der Waals surface area contributed by atoms with Crippen molar-refractivity contribution in [2.45, 2.75) is 10.3 Å². The molecule has 4 rings (SSSR count). The third-order valence-corrected chi connectivity index (χ3v) is 5.16. The van der Waals surface area contributed by atoms with E-state index in [2.05, 4.69) is 17.0 Å². The zero-order chi connectivity index (χ0) is 15.6. The quantitative estimate of drug-likeness (QED) is 0.624. The van der Waals surface area contributed by atoms with Gasteiger partial charge in [0.25, 0.3) is 0 Å². The zero-order valence-corrected chi connectivity index (χ0v) is 13.2. The van der Waals surface area contributed by atoms with Gasteiger partial charge < -0.3 is 4.90 Å². The molecule has 1 aliphatic heterocycles. The van der Waals surface area contributed by atoms with Gasteiger partial charge in [-0.15, -0.1) is 0 Å². The summed E-state index contributed by atoms with van der Waals surface area (Å²) in [5, 5.41) is -0.266. The number of Topliss-reactive ketones (excluding diaryl/α,β-unsaturated/α-hetero) is 1. The van der Waals surface area contributed by atoms with Gasteiger partial charge in [-0.3, -0.25) is 4.79 Å². The van der Waals surface area contributed by atoms with E-state index in [-0.39, 0.29) is 11.2 Å². The number of carbonyl (C=O) groups is 1. The predicted molar refractivity (Wildman–Crippen MR) is 95.4 cm³/mol. The molecular weight excluding hydrogens is 302 g/mol. The maximum atomic E-state index is 13.0. The Bertz CT molecular complexity index is 833. The summed E-state index contributed by atoms with van der Waals surface area (Å²) < 4.78 is 0. The van der Waals surface area contributed by atoms with Crippen LogP contribution in [0.25, 0.3) is 0 Å². The van der Waals surface area contributed by atoms with E-state index in [0.29, 0.717) is 0 Å². The molecule has 0 amide bonds. The van der Waals surface area contributed by atoms with Crippen molar-refractivity contribution in [1.29, 1.82) is 0 Å². The fourth-order valence-electron chi connectivity index (χ4n) is 2.83. The lowest BCUT2D eigenvalue weighted by Crippen LogP contribution is -2.32. The lowest BCUT2D eigenvalue weighted by atomic mass is 10.1. The summed E-state index contributed by atoms with van der Waals surface area (Å²) >= 11 is 1.62. The van der Waals surface area contributed by atoms with Gasteiger partial charge in [0.1, 0.15) is 5.37 Å². The van der Waals surface area contributed by atoms with E-state index in [1.54, 1.807) is 11.8 Å². The summed E-state index contributed by atoms with van der Waals surface area (Å²) in [6.07, 6.45) is 0. The van der Waals surface area contributed by atoms with Crippen LogP contribution < -0.4 is 4.90 Å². The number of ketones is 1. The first-order valence-corrected chi connectivity index (χ1v) is 8.42. The minimum atomic E-state index is -0.266. The number of benzene rings is 3. The fraction of sp³-hybridized carbons (Fsp3) is 0.0500. The minimum absolute atomic E-state index is 0.135. The highest BCUT2D eigenvalue weighted by molar-refractivity contribution is 8.01. The molecule has 0 spiro atoms. The van der Waals surface area contributed by atoms with E-state index >= 15 is 0 Å². The van der Waals surface area contributed by atoms with Crippen LogP contribution in [-0.4, -0.2) is 11.2 Å². The smallest absolute Gasteiger partial charge is 0.196 e. The normalized spacial score (nSPS) is 16.2. The van der Waals surface area contributed by atoms with Crippen LogP contribution in [-0.2, 0) is 0 Å². The van der Waals surface area contributed by atoms with Crippen LogP contribution in [0.4, 0.5) is 11.4 Å². The number of hydrogen-bond donors (Lipinski definition) is 0. The van der Waals surface area contributed by atoms with Crippen molar-refractivity contribution in [2.24, 2.45) is 0 Å². The van der Waals surface area contributed by atoms with E-state index in [9.17, 15) is 4.79 Å². The Labute approximate surface area is 139 Å². The standard InChI is InChI=1S/C20H15NOS/c22-19(15-9-3-1-4-10-15)20-21(16-11-5-2-6-12-16)17-13-7-8-14-18(17)23-20/h1-14,20H. The zero-order valence-electron chi connectivity index (χ0n) is 12.4. The minimum Gasteiger partial charge on any atom is -0.320 e. The van der Waals surface area contributed by atoms with Crippen LogP contribution >= 0.6 is 11.8 Å². The second-order valence-electron chi connectivity index (χ2n) is 5.37. The van der Waals surface area contributed by atoms with Gasteiger partial charge >= 0.3 is 0 Å². The van der Waals surface area contributed by atoms with Crippen molar-refractivity contribution in [3.05, 3.63) is 90.5 Å². The Hall–Kier alpha value is -2.52. The summed E-state index contributed by atoms with van der Waals surface area (Å²) in [4.78, 5) is 16.3. The summed E-state index contributed by atoms with van der Waals surface area (Å²) in [6, 6.07) is 27.8. The molecule has 1 heterocycles. The molecule has 0 N–H and O–H groups in total. The predicted octanol–water partition coefficient (Wildman–Crippen LogP) is 5.14. The van der Waals surface area contributed by atoms with Crippen LogP contribution in [0, 0.1) is 0 Å². The molecule has 3 aromatic rings. The molecule has 2 nitrogen and oxygen atoms in total. The molecule has 0 radical (unpaired) electrons. The van der Waals surface area contributed by atoms with Gasteiger partial charge in [0.15, 0.2) is 5.78 Å². The van der Waals surface area contributed by atoms with Crippen molar-refractivity contribution >= 4 is 28.9 Å². The van der Waals surface area contributed by atoms with Gasteiger partial charge in [0, 0.05) is 16.1 Å². The number of fused-ring (bicyclic) bond motifs is 1. The fourth-order valence-corrected chi connectivity index (χ4v) is 4.10. The average molecular weight is 317 g/mol. The molecule has 3 aromatic carbocycles. The summed E-state index contributed by atoms with van der Waals surface area (Å²) in [5.74, 6) is 0.135. The monoisotopic (exact) mass is 317 g/mol. The lowest BCUT2D eigenvalue weighted by Gasteiger charge is -2.25. The number of nitrogens with zero attached hydrogens (tertiary/aromatic N) is 1. The third kappa shape index (κ3) is 2.53. The molecule has 112 valence electrons. The second kappa shape index (κ2) is 5.94. The van der Waals surface area contributed by atoms with E-state index in [1.165, 1.54) is 0 Å². The maximum absolute atomic E-state index is 13.0. The van der Waals surface area contributed by atoms with Crippen molar-refractivity contribution in [3.8, 4) is 0 Å². The van der Waals surface area contributed by atoms with Gasteiger partial charge in [-0.05, 0) is 24.3 Å². The summed E-state index contributed by atoms with van der Waals surface area (Å²) in [7, 11) is 0. The third-order valence-electron chi connectivity index (χ3n) is 3.91. The summed E-state index contributed by atoms with van der Waals surface area (Å²) in [6.45, 7) is 0. The first kappa shape index (κ1) is 14.1. The van der Waals surface area contributed by atoms with Gasteiger partial charge in [-0.1, -0.05) is 72.4 Å². The molecular formula is C20H15NOS. The molecule has 0 saturated heterocycles. The number of thioether (sulfide) groups is 1. The van der Waals surface area contributed by atoms with Crippen LogP contribution in [0.3, 0.4) is 0 Å². The maximum Gasteiger partial charge on any atom is 0.196 e. The molecule has 0 aliphatic carbocycles. The SMILES string of the molecule is O=C(c1ccccc1)C1Sc2ccccc2N1c1ccccc1. The Morgan fingerprint density at radius 3 is 2.13 bits per heavy atom. The van der Waals surface area contributed by atoms with Gasteiger partial charge in [0.05, 0.1) is 5.69 Å². The van der Waals surface area contributed by atoms with Gasteiger partial charge in [-0.2, -0.15) is 0 Å². The topological polar surface area (TPSA) is 20.3 Å². The molecule has 3 heteroatoms. The molecule has 0 aromatic heterocycles. The van der Waals surface area contributed by atoms with E-state index in [4.69, 9.17) is 0 Å². The Balaban J connectivity index is 1.79. The number of hydrogen-bond acceptors (Lipinski definition) is 3. The van der Waals surface area contributed by atoms with Crippen LogP contribution in [0.5, 0.6) is 0 Å². The molecule has 1 atom stereocenters. The van der Waals surface area contributed by atoms with Crippen molar-refractivity contribution in [2.75, 3.05) is 4.90 Å². The van der Waals surface area contributed by atoms with E-state index < -0.39 is 0 Å². The van der Waals surface area contributed by atoms with Crippen LogP contribution in [0.1, 0.15) is 10.4 Å². The highest BCUT2D eigenvalue weighted by Crippen LogP contribution is 2.48. The van der Waals surface area contributed by atoms with Gasteiger partial charge in [0.2, 0.25) is 0 Å². The molecule has 1 aliphatic rings. The molecule has 0 fully saturated rings. The number of anilines is 2. The molecule has 1 unspecified atom stereocenters. The van der Waals surface area contributed by atoms with Crippen LogP contribution in [0.15, 0.2) is 89.8 Å². The number of rotatable bonds is 3. The Morgan fingerprint density at radius 2 is 1.39 bits per heavy atom. The number of para-hydroxylation sites is 2. The van der Waals surface area contributed by atoms with Crippen molar-refractivity contribution in [1.82, 2.24) is 0 Å². The lowest BCUT2D eigenvalue weighted by molar-refractivity contribution is 0.0991. The van der Waals surface area contributed by atoms with Crippen molar-refractivity contribution < 1.29 is 4.79 Å². The first-order chi connectivity index (χ1) is 11.3. The van der Waals surface area contributed by atoms with E-state index in [1.807, 2.05) is 72.8 Å². The highest BCUT2D eigenvalue weighted by Gasteiger charge is 2.36. The van der Waals surface area contributed by atoms with Crippen molar-refractivity contribution in [3.63, 3.8) is 0 Å². The molecule has 0 saturated carbocycles. The highest BCUT2D eigenvalue weighted by atomic mass is 32.2. The Kier molecular flexibility index (Phi) is 3.64. The first-order valence-electron chi connectivity index (χ1n) is 7.54. The molecule has 23 heavy (non-hydrogen) atoms. The van der Waals surface area contributed by atoms with Crippen LogP contribution in [0.2, 0.25) is 0 Å². The number of carbonyl (C=O) groups excluding carboxylic acids is 1. The average Bonchev–Trinajstić information content (AvgIpc) is 3.02. The van der Waals surface area contributed by atoms with Gasteiger partial charge in [-0.25, -0.2) is 0 Å². The molecule has 0 bridgehead atoms.